The molecular weight excluding hydrogens is 421 g/mol. The van der Waals surface area contributed by atoms with Crippen molar-refractivity contribution in [2.75, 3.05) is 7.11 Å². The van der Waals surface area contributed by atoms with E-state index in [1.54, 1.807) is 24.3 Å². The van der Waals surface area contributed by atoms with Gasteiger partial charge in [-0.2, -0.15) is 4.72 Å². The molecule has 1 N–H and O–H groups in total. The second-order valence-electron chi connectivity index (χ2n) is 6.84. The van der Waals surface area contributed by atoms with Crippen LogP contribution >= 0.6 is 0 Å². The van der Waals surface area contributed by atoms with Crippen LogP contribution in [0.5, 0.6) is 5.75 Å². The van der Waals surface area contributed by atoms with Crippen LogP contribution in [0.2, 0.25) is 0 Å². The summed E-state index contributed by atoms with van der Waals surface area (Å²) in [5.41, 5.74) is 1.48. The van der Waals surface area contributed by atoms with Crippen molar-refractivity contribution in [3.05, 3.63) is 95.3 Å². The number of benzene rings is 3. The molecule has 31 heavy (non-hydrogen) atoms. The summed E-state index contributed by atoms with van der Waals surface area (Å²) in [7, 11) is -2.96. The lowest BCUT2D eigenvalue weighted by molar-refractivity contribution is -0.142. The van der Waals surface area contributed by atoms with E-state index in [9.17, 15) is 17.6 Å². The van der Waals surface area contributed by atoms with Crippen LogP contribution in [0.3, 0.4) is 0 Å². The Kier molecular flexibility index (Phi) is 7.04. The molecule has 0 fully saturated rings. The van der Waals surface area contributed by atoms with Crippen LogP contribution in [-0.4, -0.2) is 21.5 Å². The number of ether oxygens (including phenoxy) is 2. The van der Waals surface area contributed by atoms with Gasteiger partial charge in [-0.3, -0.25) is 0 Å². The highest BCUT2D eigenvalue weighted by Crippen LogP contribution is 2.24. The van der Waals surface area contributed by atoms with E-state index in [0.29, 0.717) is 17.9 Å². The summed E-state index contributed by atoms with van der Waals surface area (Å²) in [6.45, 7) is 1.77. The molecule has 6 nitrogen and oxygen atoms in total. The molecule has 0 bridgehead atoms. The number of carbonyl (C=O) groups excluding carboxylic acids is 1. The van der Waals surface area contributed by atoms with Gasteiger partial charge in [0.25, 0.3) is 0 Å². The van der Waals surface area contributed by atoms with Gasteiger partial charge in [0, 0.05) is 0 Å². The number of hydrogen-bond donors (Lipinski definition) is 1. The van der Waals surface area contributed by atoms with Crippen molar-refractivity contribution in [3.63, 3.8) is 0 Å². The first kappa shape index (κ1) is 22.5. The number of halogens is 1. The maximum absolute atomic E-state index is 13.5. The van der Waals surface area contributed by atoms with Crippen molar-refractivity contribution >= 4 is 16.0 Å². The molecule has 0 unspecified atom stereocenters. The number of sulfonamides is 1. The largest absolute Gasteiger partial charge is 0.489 e. The smallest absolute Gasteiger partial charge is 0.328 e. The summed E-state index contributed by atoms with van der Waals surface area (Å²) in [6.07, 6.45) is 0. The minimum atomic E-state index is -4.13. The van der Waals surface area contributed by atoms with Gasteiger partial charge in [-0.15, -0.1) is 0 Å². The molecular formula is C23H22FNO5S. The highest BCUT2D eigenvalue weighted by atomic mass is 32.2. The zero-order chi connectivity index (χ0) is 22.4. The molecule has 0 aliphatic carbocycles. The topological polar surface area (TPSA) is 81.7 Å². The second-order valence-corrected chi connectivity index (χ2v) is 8.55. The summed E-state index contributed by atoms with van der Waals surface area (Å²) >= 11 is 0. The van der Waals surface area contributed by atoms with E-state index in [2.05, 4.69) is 4.72 Å². The maximum atomic E-state index is 13.5. The van der Waals surface area contributed by atoms with Gasteiger partial charge in [-0.1, -0.05) is 42.5 Å². The van der Waals surface area contributed by atoms with E-state index < -0.39 is 27.9 Å². The fourth-order valence-corrected chi connectivity index (χ4v) is 4.16. The van der Waals surface area contributed by atoms with Crippen molar-refractivity contribution in [1.29, 1.82) is 0 Å². The van der Waals surface area contributed by atoms with Crippen molar-refractivity contribution in [2.45, 2.75) is 24.5 Å². The fraction of sp³-hybridized carbons (Fsp3) is 0.174. The minimum Gasteiger partial charge on any atom is -0.489 e. The number of hydrogen-bond acceptors (Lipinski definition) is 5. The molecule has 3 rings (SSSR count). The lowest BCUT2D eigenvalue weighted by Gasteiger charge is -2.18. The van der Waals surface area contributed by atoms with E-state index >= 15 is 0 Å². The van der Waals surface area contributed by atoms with Crippen LogP contribution in [0.25, 0.3) is 0 Å². The van der Waals surface area contributed by atoms with Crippen LogP contribution in [-0.2, 0) is 26.2 Å². The van der Waals surface area contributed by atoms with E-state index in [-0.39, 0.29) is 10.5 Å². The Morgan fingerprint density at radius 1 is 1.03 bits per heavy atom. The van der Waals surface area contributed by atoms with E-state index in [4.69, 9.17) is 9.47 Å². The third-order valence-corrected chi connectivity index (χ3v) is 6.01. The molecule has 162 valence electrons. The van der Waals surface area contributed by atoms with Gasteiger partial charge in [0.1, 0.15) is 24.2 Å². The number of nitrogens with one attached hydrogen (secondary N) is 1. The summed E-state index contributed by atoms with van der Waals surface area (Å²) in [5, 5.41) is 0. The number of esters is 1. The average molecular weight is 443 g/mol. The predicted molar refractivity (Wildman–Crippen MR) is 113 cm³/mol. The Bertz CT molecular complexity index is 1170. The Morgan fingerprint density at radius 3 is 2.45 bits per heavy atom. The quantitative estimate of drug-likeness (QED) is 0.534. The first-order valence-electron chi connectivity index (χ1n) is 9.43. The number of carbonyl (C=O) groups is 1. The highest BCUT2D eigenvalue weighted by molar-refractivity contribution is 7.89. The lowest BCUT2D eigenvalue weighted by Crippen LogP contribution is -2.34. The van der Waals surface area contributed by atoms with Crippen molar-refractivity contribution < 1.29 is 27.1 Å². The van der Waals surface area contributed by atoms with Crippen LogP contribution in [0.4, 0.5) is 4.39 Å². The third kappa shape index (κ3) is 5.68. The highest BCUT2D eigenvalue weighted by Gasteiger charge is 2.28. The summed E-state index contributed by atoms with van der Waals surface area (Å²) in [6, 6.07) is 18.2. The Morgan fingerprint density at radius 2 is 1.77 bits per heavy atom. The molecule has 8 heteroatoms. The Hall–Kier alpha value is -3.23. The molecule has 0 aliphatic rings. The molecule has 3 aromatic rings. The molecule has 3 aromatic carbocycles. The van der Waals surface area contributed by atoms with Gasteiger partial charge < -0.3 is 9.47 Å². The zero-order valence-corrected chi connectivity index (χ0v) is 17.9. The Balaban J connectivity index is 1.85. The van der Waals surface area contributed by atoms with Crippen molar-refractivity contribution in [3.8, 4) is 5.75 Å². The van der Waals surface area contributed by atoms with Gasteiger partial charge >= 0.3 is 5.97 Å². The molecule has 0 aliphatic heterocycles. The molecule has 0 spiro atoms. The second kappa shape index (κ2) is 9.72. The van der Waals surface area contributed by atoms with Gasteiger partial charge in [0.05, 0.1) is 12.0 Å². The summed E-state index contributed by atoms with van der Waals surface area (Å²) in [5.74, 6) is -0.846. The van der Waals surface area contributed by atoms with Crippen molar-refractivity contribution in [2.24, 2.45) is 0 Å². The van der Waals surface area contributed by atoms with Crippen LogP contribution < -0.4 is 9.46 Å². The fourth-order valence-electron chi connectivity index (χ4n) is 2.90. The van der Waals surface area contributed by atoms with Gasteiger partial charge in [0.2, 0.25) is 10.0 Å². The van der Waals surface area contributed by atoms with Gasteiger partial charge in [0.15, 0.2) is 0 Å². The zero-order valence-electron chi connectivity index (χ0n) is 17.0. The first-order valence-corrected chi connectivity index (χ1v) is 10.9. The van der Waals surface area contributed by atoms with E-state index in [0.717, 1.165) is 17.7 Å². The normalized spacial score (nSPS) is 12.2. The summed E-state index contributed by atoms with van der Waals surface area (Å²) < 4.78 is 52.1. The van der Waals surface area contributed by atoms with Crippen LogP contribution in [0, 0.1) is 12.7 Å². The van der Waals surface area contributed by atoms with Gasteiger partial charge in [-0.25, -0.2) is 17.6 Å². The summed E-state index contributed by atoms with van der Waals surface area (Å²) in [4.78, 5) is 12.2. The molecule has 0 saturated heterocycles. The minimum absolute atomic E-state index is 0.156. The third-order valence-electron chi connectivity index (χ3n) is 4.59. The molecule has 0 radical (unpaired) electrons. The van der Waals surface area contributed by atoms with Gasteiger partial charge in [-0.05, 0) is 53.9 Å². The van der Waals surface area contributed by atoms with E-state index in [1.165, 1.54) is 20.1 Å². The molecule has 1 atom stereocenters. The molecule has 0 heterocycles. The molecule has 0 aromatic heterocycles. The predicted octanol–water partition coefficient (Wildman–Crippen LogP) is 3.91. The monoisotopic (exact) mass is 443 g/mol. The SMILES string of the molecule is COC(=O)[C@H](NS(=O)(=O)c1ccc(F)c(C)c1)c1cccc(OCc2ccccc2)c1. The number of aryl methyl sites for hydroxylation is 1. The standard InChI is InChI=1S/C23H22FNO5S/c1-16-13-20(11-12-21(16)24)31(27,28)25-22(23(26)29-2)18-9-6-10-19(14-18)30-15-17-7-4-3-5-8-17/h3-14,22,25H,15H2,1-2H3/t22-/m1/s1. The van der Waals surface area contributed by atoms with Crippen LogP contribution in [0.15, 0.2) is 77.7 Å². The van der Waals surface area contributed by atoms with E-state index in [1.807, 2.05) is 30.3 Å². The average Bonchev–Trinajstić information content (AvgIpc) is 2.78. The first-order chi connectivity index (χ1) is 14.8. The molecule has 0 saturated carbocycles. The van der Waals surface area contributed by atoms with Crippen molar-refractivity contribution in [1.82, 2.24) is 4.72 Å². The lowest BCUT2D eigenvalue weighted by atomic mass is 10.1. The number of methoxy groups -OCH3 is 1. The Labute approximate surface area is 180 Å². The number of rotatable bonds is 8. The molecule has 0 amide bonds. The van der Waals surface area contributed by atoms with Crippen LogP contribution in [0.1, 0.15) is 22.7 Å². The maximum Gasteiger partial charge on any atom is 0.328 e.